The summed E-state index contributed by atoms with van der Waals surface area (Å²) < 4.78 is 5.24. The fourth-order valence-corrected chi connectivity index (χ4v) is 1.60. The Morgan fingerprint density at radius 2 is 1.83 bits per heavy atom. The molecule has 0 bridgehead atoms. The third-order valence-electron chi connectivity index (χ3n) is 2.56. The second-order valence-electron chi connectivity index (χ2n) is 4.15. The van der Waals surface area contributed by atoms with Crippen LogP contribution in [0.2, 0.25) is 0 Å². The number of hydrogen-bond acceptors (Lipinski definition) is 4. The molecular formula is C13H14N2O3. The van der Waals surface area contributed by atoms with Crippen molar-refractivity contribution in [3.63, 3.8) is 0 Å². The summed E-state index contributed by atoms with van der Waals surface area (Å²) in [5.74, 6) is -0.336. The Labute approximate surface area is 104 Å². The zero-order valence-corrected chi connectivity index (χ0v) is 10.1. The van der Waals surface area contributed by atoms with E-state index in [0.29, 0.717) is 12.3 Å². The maximum atomic E-state index is 10.5. The molecule has 0 saturated heterocycles. The summed E-state index contributed by atoms with van der Waals surface area (Å²) in [7, 11) is 0. The minimum Gasteiger partial charge on any atom is -0.481 e. The molecule has 0 saturated carbocycles. The maximum Gasteiger partial charge on any atom is 0.312 e. The van der Waals surface area contributed by atoms with Crippen LogP contribution < -0.4 is 0 Å². The van der Waals surface area contributed by atoms with Gasteiger partial charge in [-0.1, -0.05) is 29.8 Å². The number of benzene rings is 1. The van der Waals surface area contributed by atoms with Crippen LogP contribution in [0.15, 0.2) is 28.7 Å². The Kier molecular flexibility index (Phi) is 3.72. The molecule has 0 aliphatic carbocycles. The molecule has 0 radical (unpaired) electrons. The molecule has 0 amide bonds. The summed E-state index contributed by atoms with van der Waals surface area (Å²) in [4.78, 5) is 10.5. The molecule has 2 rings (SSSR count). The Morgan fingerprint density at radius 1 is 1.17 bits per heavy atom. The fraction of sp³-hybridized carbons (Fsp3) is 0.308. The van der Waals surface area contributed by atoms with Crippen LogP contribution in [0.5, 0.6) is 0 Å². The first-order valence-corrected chi connectivity index (χ1v) is 5.72. The van der Waals surface area contributed by atoms with Gasteiger partial charge in [0.1, 0.15) is 6.42 Å². The number of carbonyl (C=O) groups is 1. The standard InChI is InChI=1S/C13H14N2O3/c1-9-2-4-10(5-3-9)6-7-11-14-15-12(18-11)8-13(16)17/h2-5H,6-8H2,1H3,(H,16,17). The van der Waals surface area contributed by atoms with Gasteiger partial charge in [0.15, 0.2) is 0 Å². The lowest BCUT2D eigenvalue weighted by molar-refractivity contribution is -0.136. The lowest BCUT2D eigenvalue weighted by Gasteiger charge is -1.98. The van der Waals surface area contributed by atoms with Gasteiger partial charge in [-0.15, -0.1) is 10.2 Å². The topological polar surface area (TPSA) is 76.2 Å². The number of hydrogen-bond donors (Lipinski definition) is 1. The summed E-state index contributed by atoms with van der Waals surface area (Å²) >= 11 is 0. The molecule has 94 valence electrons. The number of nitrogens with zero attached hydrogens (tertiary/aromatic N) is 2. The number of carboxylic acids is 1. The van der Waals surface area contributed by atoms with Crippen LogP contribution >= 0.6 is 0 Å². The first kappa shape index (κ1) is 12.3. The summed E-state index contributed by atoms with van der Waals surface area (Å²) in [6.45, 7) is 2.04. The molecule has 18 heavy (non-hydrogen) atoms. The van der Waals surface area contributed by atoms with Crippen LogP contribution in [0.1, 0.15) is 22.9 Å². The van der Waals surface area contributed by atoms with Crippen LogP contribution in [0, 0.1) is 6.92 Å². The molecule has 1 aromatic heterocycles. The van der Waals surface area contributed by atoms with Gasteiger partial charge >= 0.3 is 5.97 Å². The van der Waals surface area contributed by atoms with E-state index in [4.69, 9.17) is 9.52 Å². The molecular weight excluding hydrogens is 232 g/mol. The Morgan fingerprint density at radius 3 is 2.50 bits per heavy atom. The molecule has 1 aromatic carbocycles. The van der Waals surface area contributed by atoms with Crippen molar-refractivity contribution in [3.8, 4) is 0 Å². The lowest BCUT2D eigenvalue weighted by Crippen LogP contribution is -1.99. The molecule has 0 unspecified atom stereocenters. The predicted molar refractivity (Wildman–Crippen MR) is 64.2 cm³/mol. The van der Waals surface area contributed by atoms with E-state index in [1.807, 2.05) is 6.92 Å². The molecule has 0 spiro atoms. The molecule has 0 atom stereocenters. The summed E-state index contributed by atoms with van der Waals surface area (Å²) in [6.07, 6.45) is 1.20. The first-order valence-electron chi connectivity index (χ1n) is 5.72. The van der Waals surface area contributed by atoms with Crippen LogP contribution in [-0.2, 0) is 24.1 Å². The molecule has 2 aromatic rings. The second kappa shape index (κ2) is 5.44. The van der Waals surface area contributed by atoms with E-state index in [0.717, 1.165) is 6.42 Å². The Bertz CT molecular complexity index is 531. The SMILES string of the molecule is Cc1ccc(CCc2nnc(CC(=O)O)o2)cc1. The van der Waals surface area contributed by atoms with E-state index in [1.165, 1.54) is 11.1 Å². The van der Waals surface area contributed by atoms with Gasteiger partial charge in [-0.2, -0.15) is 0 Å². The largest absolute Gasteiger partial charge is 0.481 e. The van der Waals surface area contributed by atoms with Crippen molar-refractivity contribution in [2.45, 2.75) is 26.2 Å². The summed E-state index contributed by atoms with van der Waals surface area (Å²) in [5, 5.41) is 16.1. The number of rotatable bonds is 5. The van der Waals surface area contributed by atoms with Crippen molar-refractivity contribution in [1.29, 1.82) is 0 Å². The first-order chi connectivity index (χ1) is 8.63. The number of aryl methyl sites for hydroxylation is 3. The van der Waals surface area contributed by atoms with Gasteiger partial charge in [0.2, 0.25) is 11.8 Å². The average Bonchev–Trinajstić information content (AvgIpc) is 2.75. The normalized spacial score (nSPS) is 10.5. The number of aromatic nitrogens is 2. The highest BCUT2D eigenvalue weighted by atomic mass is 16.4. The van der Waals surface area contributed by atoms with Crippen molar-refractivity contribution in [3.05, 3.63) is 47.2 Å². The third kappa shape index (κ3) is 3.41. The van der Waals surface area contributed by atoms with Gasteiger partial charge < -0.3 is 9.52 Å². The van der Waals surface area contributed by atoms with Crippen LogP contribution in [-0.4, -0.2) is 21.3 Å². The second-order valence-corrected chi connectivity index (χ2v) is 4.15. The van der Waals surface area contributed by atoms with Crippen molar-refractivity contribution in [1.82, 2.24) is 10.2 Å². The van der Waals surface area contributed by atoms with Gasteiger partial charge in [-0.3, -0.25) is 4.79 Å². The van der Waals surface area contributed by atoms with Crippen molar-refractivity contribution in [2.75, 3.05) is 0 Å². The fourth-order valence-electron chi connectivity index (χ4n) is 1.60. The van der Waals surface area contributed by atoms with E-state index in [9.17, 15) is 4.79 Å². The van der Waals surface area contributed by atoms with Crippen LogP contribution in [0.3, 0.4) is 0 Å². The number of aliphatic carboxylic acids is 1. The van der Waals surface area contributed by atoms with E-state index in [1.54, 1.807) is 0 Å². The Balaban J connectivity index is 1.92. The van der Waals surface area contributed by atoms with Gasteiger partial charge in [-0.25, -0.2) is 0 Å². The molecule has 1 heterocycles. The van der Waals surface area contributed by atoms with E-state index < -0.39 is 5.97 Å². The zero-order chi connectivity index (χ0) is 13.0. The highest BCUT2D eigenvalue weighted by Crippen LogP contribution is 2.08. The molecule has 0 aliphatic rings. The third-order valence-corrected chi connectivity index (χ3v) is 2.56. The van der Waals surface area contributed by atoms with Crippen molar-refractivity contribution >= 4 is 5.97 Å². The van der Waals surface area contributed by atoms with Gasteiger partial charge in [0.05, 0.1) is 0 Å². The smallest absolute Gasteiger partial charge is 0.312 e. The van der Waals surface area contributed by atoms with Gasteiger partial charge in [0, 0.05) is 6.42 Å². The Hall–Kier alpha value is -2.17. The highest BCUT2D eigenvalue weighted by Gasteiger charge is 2.09. The average molecular weight is 246 g/mol. The highest BCUT2D eigenvalue weighted by molar-refractivity contribution is 5.68. The minimum atomic E-state index is -0.969. The van der Waals surface area contributed by atoms with Crippen molar-refractivity contribution in [2.24, 2.45) is 0 Å². The monoisotopic (exact) mass is 246 g/mol. The molecule has 0 fully saturated rings. The maximum absolute atomic E-state index is 10.5. The van der Waals surface area contributed by atoms with Crippen molar-refractivity contribution < 1.29 is 14.3 Å². The zero-order valence-electron chi connectivity index (χ0n) is 10.1. The molecule has 5 nitrogen and oxygen atoms in total. The lowest BCUT2D eigenvalue weighted by atomic mass is 10.1. The van der Waals surface area contributed by atoms with Crippen LogP contribution in [0.4, 0.5) is 0 Å². The van der Waals surface area contributed by atoms with E-state index in [2.05, 4.69) is 34.5 Å². The predicted octanol–water partition coefficient (Wildman–Crippen LogP) is 1.79. The molecule has 1 N–H and O–H groups in total. The quantitative estimate of drug-likeness (QED) is 0.870. The summed E-state index contributed by atoms with van der Waals surface area (Å²) in [5.41, 5.74) is 2.42. The van der Waals surface area contributed by atoms with Gasteiger partial charge in [0.25, 0.3) is 0 Å². The van der Waals surface area contributed by atoms with E-state index >= 15 is 0 Å². The molecule has 5 heteroatoms. The molecule has 0 aliphatic heterocycles. The number of carboxylic acid groups (broad SMARTS) is 1. The van der Waals surface area contributed by atoms with Crippen LogP contribution in [0.25, 0.3) is 0 Å². The van der Waals surface area contributed by atoms with Gasteiger partial charge in [-0.05, 0) is 18.9 Å². The summed E-state index contributed by atoms with van der Waals surface area (Å²) in [6, 6.07) is 8.23. The van der Waals surface area contributed by atoms with E-state index in [-0.39, 0.29) is 12.3 Å². The minimum absolute atomic E-state index is 0.154.